The molecular weight excluding hydrogens is 357 g/mol. The molecule has 0 bridgehead atoms. The molecule has 0 aromatic carbocycles. The molecule has 1 aliphatic rings. The average Bonchev–Trinajstić information content (AvgIpc) is 2.34. The Labute approximate surface area is 129 Å². The van der Waals surface area contributed by atoms with Gasteiger partial charge in [0, 0.05) is 0 Å². The zero-order valence-electron chi connectivity index (χ0n) is 12.0. The molecule has 0 saturated heterocycles. The number of Topliss-reactive ketones (excluding diaryl/α,β-unsaturated/α-hetero) is 1. The average molecular weight is 381 g/mol. The van der Waals surface area contributed by atoms with Crippen LogP contribution in [0.4, 0.5) is 4.79 Å². The summed E-state index contributed by atoms with van der Waals surface area (Å²) in [6.45, 7) is 5.47. The van der Waals surface area contributed by atoms with E-state index in [0.717, 1.165) is 25.7 Å². The van der Waals surface area contributed by atoms with Crippen LogP contribution in [0, 0.1) is 5.92 Å². The maximum Gasteiger partial charge on any atom is 0.408 e. The number of alkyl carbamates (subject to hydrolysis) is 1. The fraction of sp³-hybridized carbons (Fsp3) is 0.857. The number of hydrogen-bond donors (Lipinski definition) is 1. The molecule has 1 fully saturated rings. The van der Waals surface area contributed by atoms with E-state index in [9.17, 15) is 9.59 Å². The van der Waals surface area contributed by atoms with Gasteiger partial charge in [0.15, 0.2) is 5.78 Å². The molecule has 1 N–H and O–H groups in total. The van der Waals surface area contributed by atoms with Crippen LogP contribution >= 0.6 is 22.6 Å². The summed E-state index contributed by atoms with van der Waals surface area (Å²) in [6, 6.07) is -0.382. The molecule has 0 heterocycles. The molecule has 0 aromatic heterocycles. The zero-order chi connectivity index (χ0) is 14.5. The van der Waals surface area contributed by atoms with Gasteiger partial charge in [0.1, 0.15) is 5.60 Å². The smallest absolute Gasteiger partial charge is 0.408 e. The molecular formula is C14H24INO3. The number of carbonyl (C=O) groups excluding carboxylic acids is 2. The third kappa shape index (κ3) is 6.10. The van der Waals surface area contributed by atoms with Crippen LogP contribution in [0.25, 0.3) is 0 Å². The molecule has 1 atom stereocenters. The van der Waals surface area contributed by atoms with Crippen molar-refractivity contribution in [3.8, 4) is 0 Å². The van der Waals surface area contributed by atoms with E-state index in [1.165, 1.54) is 6.42 Å². The van der Waals surface area contributed by atoms with Crippen LogP contribution < -0.4 is 5.32 Å². The Hall–Kier alpha value is -0.330. The van der Waals surface area contributed by atoms with Gasteiger partial charge in [-0.15, -0.1) is 0 Å². The first kappa shape index (κ1) is 16.7. The van der Waals surface area contributed by atoms with Crippen molar-refractivity contribution in [3.63, 3.8) is 0 Å². The first-order valence-corrected chi connectivity index (χ1v) is 8.44. The predicted octanol–water partition coefficient (Wildman–Crippen LogP) is 3.46. The number of carbonyl (C=O) groups is 2. The van der Waals surface area contributed by atoms with Crippen LogP contribution in [0.3, 0.4) is 0 Å². The molecule has 1 unspecified atom stereocenters. The van der Waals surface area contributed by atoms with Crippen molar-refractivity contribution in [3.05, 3.63) is 0 Å². The Morgan fingerprint density at radius 1 is 1.26 bits per heavy atom. The first-order chi connectivity index (χ1) is 8.83. The van der Waals surface area contributed by atoms with E-state index in [0.29, 0.717) is 4.43 Å². The summed E-state index contributed by atoms with van der Waals surface area (Å²) in [5.74, 6) is 0.363. The van der Waals surface area contributed by atoms with E-state index in [1.807, 2.05) is 20.8 Å². The third-order valence-electron chi connectivity index (χ3n) is 3.27. The molecule has 19 heavy (non-hydrogen) atoms. The number of nitrogens with one attached hydrogen (secondary N) is 1. The Kier molecular flexibility index (Phi) is 6.56. The third-order valence-corrected chi connectivity index (χ3v) is 4.02. The van der Waals surface area contributed by atoms with E-state index >= 15 is 0 Å². The van der Waals surface area contributed by atoms with Crippen LogP contribution in [0.2, 0.25) is 0 Å². The van der Waals surface area contributed by atoms with Crippen molar-refractivity contribution in [1.82, 2.24) is 5.32 Å². The van der Waals surface area contributed by atoms with Crippen LogP contribution in [-0.4, -0.2) is 27.9 Å². The Balaban J connectivity index is 2.64. The normalized spacial score (nSPS) is 18.7. The van der Waals surface area contributed by atoms with Crippen molar-refractivity contribution in [2.45, 2.75) is 64.5 Å². The van der Waals surface area contributed by atoms with Gasteiger partial charge in [-0.3, -0.25) is 4.79 Å². The van der Waals surface area contributed by atoms with E-state index in [1.54, 1.807) is 0 Å². The lowest BCUT2D eigenvalue weighted by molar-refractivity contribution is -0.119. The van der Waals surface area contributed by atoms with Gasteiger partial charge in [-0.25, -0.2) is 4.79 Å². The molecule has 0 radical (unpaired) electrons. The van der Waals surface area contributed by atoms with Crippen molar-refractivity contribution in [2.75, 3.05) is 4.43 Å². The van der Waals surface area contributed by atoms with Gasteiger partial charge >= 0.3 is 6.09 Å². The fourth-order valence-corrected chi connectivity index (χ4v) is 2.92. The van der Waals surface area contributed by atoms with Gasteiger partial charge in [0.05, 0.1) is 10.5 Å². The number of amides is 1. The number of ketones is 1. The number of rotatable bonds is 4. The van der Waals surface area contributed by atoms with Crippen LogP contribution in [0.5, 0.6) is 0 Å². The summed E-state index contributed by atoms with van der Waals surface area (Å²) >= 11 is 2.06. The summed E-state index contributed by atoms with van der Waals surface area (Å²) in [4.78, 5) is 23.9. The SMILES string of the molecule is CC(C)(C)OC(=O)NC(C(=O)CI)C1CCCCC1. The van der Waals surface area contributed by atoms with Crippen molar-refractivity contribution >= 4 is 34.5 Å². The maximum absolute atomic E-state index is 12.0. The highest BCUT2D eigenvalue weighted by Gasteiger charge is 2.31. The molecule has 4 nitrogen and oxygen atoms in total. The topological polar surface area (TPSA) is 55.4 Å². The van der Waals surface area contributed by atoms with Gasteiger partial charge in [-0.2, -0.15) is 0 Å². The number of halogens is 1. The van der Waals surface area contributed by atoms with Gasteiger partial charge in [-0.1, -0.05) is 41.9 Å². The van der Waals surface area contributed by atoms with Gasteiger partial charge in [0.2, 0.25) is 0 Å². The molecule has 5 heteroatoms. The largest absolute Gasteiger partial charge is 0.444 e. The van der Waals surface area contributed by atoms with Crippen LogP contribution in [-0.2, 0) is 9.53 Å². The number of alkyl halides is 1. The minimum absolute atomic E-state index is 0.0957. The van der Waals surface area contributed by atoms with Gasteiger partial charge in [0.25, 0.3) is 0 Å². The first-order valence-electron chi connectivity index (χ1n) is 6.91. The van der Waals surface area contributed by atoms with Crippen LogP contribution in [0.15, 0.2) is 0 Å². The lowest BCUT2D eigenvalue weighted by atomic mass is 9.82. The fourth-order valence-electron chi connectivity index (χ4n) is 2.45. The van der Waals surface area contributed by atoms with E-state index < -0.39 is 11.7 Å². The second kappa shape index (κ2) is 7.45. The monoisotopic (exact) mass is 381 g/mol. The molecule has 1 rings (SSSR count). The summed E-state index contributed by atoms with van der Waals surface area (Å²) in [7, 11) is 0. The van der Waals surface area contributed by atoms with Gasteiger partial charge < -0.3 is 10.1 Å². The highest BCUT2D eigenvalue weighted by molar-refractivity contribution is 14.1. The molecule has 0 spiro atoms. The summed E-state index contributed by atoms with van der Waals surface area (Å²) in [6.07, 6.45) is 5.07. The van der Waals surface area contributed by atoms with Crippen LogP contribution in [0.1, 0.15) is 52.9 Å². The molecule has 1 aliphatic carbocycles. The Morgan fingerprint density at radius 3 is 2.32 bits per heavy atom. The van der Waals surface area contributed by atoms with Crippen molar-refractivity contribution in [2.24, 2.45) is 5.92 Å². The maximum atomic E-state index is 12.0. The highest BCUT2D eigenvalue weighted by Crippen LogP contribution is 2.27. The minimum atomic E-state index is -0.533. The lowest BCUT2D eigenvalue weighted by Gasteiger charge is -2.30. The predicted molar refractivity (Wildman–Crippen MR) is 83.6 cm³/mol. The minimum Gasteiger partial charge on any atom is -0.444 e. The van der Waals surface area contributed by atoms with Crippen molar-refractivity contribution in [1.29, 1.82) is 0 Å². The Morgan fingerprint density at radius 2 is 1.84 bits per heavy atom. The van der Waals surface area contributed by atoms with E-state index in [2.05, 4.69) is 27.9 Å². The standard InChI is InChI=1S/C14H24INO3/c1-14(2,3)19-13(18)16-12(11(17)9-15)10-7-5-4-6-8-10/h10,12H,4-9H2,1-3H3,(H,16,18). The van der Waals surface area contributed by atoms with E-state index in [4.69, 9.17) is 4.74 Å². The zero-order valence-corrected chi connectivity index (χ0v) is 14.2. The molecule has 1 saturated carbocycles. The number of hydrogen-bond acceptors (Lipinski definition) is 3. The second-order valence-corrected chi connectivity index (χ2v) is 6.88. The van der Waals surface area contributed by atoms with E-state index in [-0.39, 0.29) is 17.7 Å². The molecule has 0 aliphatic heterocycles. The molecule has 1 amide bonds. The quantitative estimate of drug-likeness (QED) is 0.600. The van der Waals surface area contributed by atoms with Gasteiger partial charge in [-0.05, 0) is 39.5 Å². The number of ether oxygens (including phenoxy) is 1. The lowest BCUT2D eigenvalue weighted by Crippen LogP contribution is -2.48. The summed E-state index contributed by atoms with van der Waals surface area (Å²) < 4.78 is 5.67. The molecule has 0 aromatic rings. The molecule has 110 valence electrons. The Bertz CT molecular complexity index is 319. The van der Waals surface area contributed by atoms with Crippen molar-refractivity contribution < 1.29 is 14.3 Å². The second-order valence-electron chi connectivity index (χ2n) is 6.12. The highest BCUT2D eigenvalue weighted by atomic mass is 127. The summed E-state index contributed by atoms with van der Waals surface area (Å²) in [5, 5.41) is 2.78. The summed E-state index contributed by atoms with van der Waals surface area (Å²) in [5.41, 5.74) is -0.533.